The molecule has 0 fully saturated rings. The Morgan fingerprint density at radius 3 is 2.71 bits per heavy atom. The fraction of sp³-hybridized carbons (Fsp3) is 0.538. The van der Waals surface area contributed by atoms with Gasteiger partial charge in [0.15, 0.2) is 0 Å². The number of hydrogen-bond donors (Lipinski definition) is 0. The predicted octanol–water partition coefficient (Wildman–Crippen LogP) is 4.29. The van der Waals surface area contributed by atoms with Crippen molar-refractivity contribution >= 4 is 27.5 Å². The van der Waals surface area contributed by atoms with Crippen LogP contribution in [-0.4, -0.2) is 19.8 Å². The molecule has 0 aliphatic carbocycles. The summed E-state index contributed by atoms with van der Waals surface area (Å²) in [5.41, 5.74) is 1.06. The standard InChI is InChI=1S/C13H18BrClO2/c1-10(2)9-16-5-6-17-13-4-3-12(15)7-11(13)8-14/h3-4,7,10H,5-6,8-9H2,1-2H3. The van der Waals surface area contributed by atoms with Crippen molar-refractivity contribution in [3.05, 3.63) is 28.8 Å². The number of rotatable bonds is 7. The number of benzene rings is 1. The lowest BCUT2D eigenvalue weighted by molar-refractivity contribution is 0.0817. The fourth-order valence-electron chi connectivity index (χ4n) is 1.32. The van der Waals surface area contributed by atoms with Gasteiger partial charge in [-0.2, -0.15) is 0 Å². The summed E-state index contributed by atoms with van der Waals surface area (Å²) < 4.78 is 11.1. The maximum absolute atomic E-state index is 5.91. The summed E-state index contributed by atoms with van der Waals surface area (Å²) in [7, 11) is 0. The molecule has 0 aliphatic rings. The zero-order chi connectivity index (χ0) is 12.7. The van der Waals surface area contributed by atoms with Crippen molar-refractivity contribution in [2.75, 3.05) is 19.8 Å². The normalized spacial score (nSPS) is 10.9. The van der Waals surface area contributed by atoms with Gasteiger partial charge in [0.05, 0.1) is 6.61 Å². The maximum atomic E-state index is 5.91. The summed E-state index contributed by atoms with van der Waals surface area (Å²) in [4.78, 5) is 0. The molecular weight excluding hydrogens is 303 g/mol. The molecule has 0 spiro atoms. The van der Waals surface area contributed by atoms with Crippen LogP contribution in [0, 0.1) is 5.92 Å². The second kappa shape index (κ2) is 7.96. The van der Waals surface area contributed by atoms with Gasteiger partial charge in [0, 0.05) is 22.5 Å². The van der Waals surface area contributed by atoms with E-state index in [1.54, 1.807) is 0 Å². The highest BCUT2D eigenvalue weighted by Gasteiger charge is 2.03. The van der Waals surface area contributed by atoms with Crippen molar-refractivity contribution in [1.29, 1.82) is 0 Å². The van der Waals surface area contributed by atoms with Gasteiger partial charge in [-0.1, -0.05) is 41.4 Å². The van der Waals surface area contributed by atoms with E-state index in [2.05, 4.69) is 29.8 Å². The number of hydrogen-bond acceptors (Lipinski definition) is 2. The lowest BCUT2D eigenvalue weighted by Gasteiger charge is -2.11. The average Bonchev–Trinajstić information content (AvgIpc) is 2.29. The molecule has 0 N–H and O–H groups in total. The summed E-state index contributed by atoms with van der Waals surface area (Å²) in [6, 6.07) is 5.63. The molecule has 0 saturated heterocycles. The van der Waals surface area contributed by atoms with Crippen LogP contribution in [0.25, 0.3) is 0 Å². The highest BCUT2D eigenvalue weighted by molar-refractivity contribution is 9.08. The minimum Gasteiger partial charge on any atom is -0.491 e. The molecule has 96 valence electrons. The van der Waals surface area contributed by atoms with Gasteiger partial charge in [-0.25, -0.2) is 0 Å². The van der Waals surface area contributed by atoms with Crippen LogP contribution in [-0.2, 0) is 10.1 Å². The molecule has 0 atom stereocenters. The van der Waals surface area contributed by atoms with Crippen molar-refractivity contribution in [1.82, 2.24) is 0 Å². The number of alkyl halides is 1. The summed E-state index contributed by atoms with van der Waals surface area (Å²) >= 11 is 9.33. The Labute approximate surface area is 116 Å². The van der Waals surface area contributed by atoms with E-state index in [1.165, 1.54) is 0 Å². The number of ether oxygens (including phenoxy) is 2. The largest absolute Gasteiger partial charge is 0.491 e. The monoisotopic (exact) mass is 320 g/mol. The fourth-order valence-corrected chi connectivity index (χ4v) is 1.96. The molecule has 0 saturated carbocycles. The minimum absolute atomic E-state index is 0.559. The van der Waals surface area contributed by atoms with Crippen LogP contribution in [0.4, 0.5) is 0 Å². The Morgan fingerprint density at radius 2 is 2.06 bits per heavy atom. The quantitative estimate of drug-likeness (QED) is 0.551. The van der Waals surface area contributed by atoms with Crippen molar-refractivity contribution < 1.29 is 9.47 Å². The maximum Gasteiger partial charge on any atom is 0.123 e. The Kier molecular flexibility index (Phi) is 6.93. The Balaban J connectivity index is 2.36. The molecule has 0 unspecified atom stereocenters. The first-order chi connectivity index (χ1) is 8.13. The third kappa shape index (κ3) is 5.75. The molecule has 0 aromatic heterocycles. The van der Waals surface area contributed by atoms with Gasteiger partial charge in [0.1, 0.15) is 12.4 Å². The van der Waals surface area contributed by atoms with E-state index < -0.39 is 0 Å². The Bertz CT molecular complexity index is 342. The van der Waals surface area contributed by atoms with Gasteiger partial charge < -0.3 is 9.47 Å². The average molecular weight is 322 g/mol. The van der Waals surface area contributed by atoms with E-state index in [1.807, 2.05) is 18.2 Å². The second-order valence-corrected chi connectivity index (χ2v) is 5.20. The van der Waals surface area contributed by atoms with Crippen molar-refractivity contribution in [2.45, 2.75) is 19.2 Å². The van der Waals surface area contributed by atoms with Crippen molar-refractivity contribution in [2.24, 2.45) is 5.92 Å². The molecule has 1 aromatic carbocycles. The third-order valence-electron chi connectivity index (χ3n) is 2.10. The van der Waals surface area contributed by atoms with Crippen LogP contribution >= 0.6 is 27.5 Å². The van der Waals surface area contributed by atoms with E-state index >= 15 is 0 Å². The zero-order valence-electron chi connectivity index (χ0n) is 10.2. The molecule has 0 bridgehead atoms. The first-order valence-corrected chi connectivity index (χ1v) is 7.18. The molecule has 2 nitrogen and oxygen atoms in total. The summed E-state index contributed by atoms with van der Waals surface area (Å²) in [5.74, 6) is 1.42. The van der Waals surface area contributed by atoms with Crippen LogP contribution in [0.1, 0.15) is 19.4 Å². The Hall–Kier alpha value is -0.250. The second-order valence-electron chi connectivity index (χ2n) is 4.20. The van der Waals surface area contributed by atoms with E-state index in [9.17, 15) is 0 Å². The molecular formula is C13H18BrClO2. The SMILES string of the molecule is CC(C)COCCOc1ccc(Cl)cc1CBr. The van der Waals surface area contributed by atoms with Gasteiger partial charge in [-0.3, -0.25) is 0 Å². The smallest absolute Gasteiger partial charge is 0.123 e. The highest BCUT2D eigenvalue weighted by atomic mass is 79.9. The molecule has 0 heterocycles. The Morgan fingerprint density at radius 1 is 1.29 bits per heavy atom. The van der Waals surface area contributed by atoms with Crippen LogP contribution in [0.2, 0.25) is 5.02 Å². The molecule has 0 amide bonds. The van der Waals surface area contributed by atoms with Gasteiger partial charge in [-0.05, 0) is 24.1 Å². The topological polar surface area (TPSA) is 18.5 Å². The first kappa shape index (κ1) is 14.8. The van der Waals surface area contributed by atoms with Crippen LogP contribution in [0.3, 0.4) is 0 Å². The van der Waals surface area contributed by atoms with Gasteiger partial charge >= 0.3 is 0 Å². The van der Waals surface area contributed by atoms with Gasteiger partial charge in [0.2, 0.25) is 0 Å². The van der Waals surface area contributed by atoms with E-state index in [0.717, 1.165) is 28.3 Å². The molecule has 0 radical (unpaired) electrons. The minimum atomic E-state index is 0.559. The van der Waals surface area contributed by atoms with Crippen molar-refractivity contribution in [3.8, 4) is 5.75 Å². The van der Waals surface area contributed by atoms with Gasteiger partial charge in [0.25, 0.3) is 0 Å². The summed E-state index contributed by atoms with van der Waals surface area (Å²) in [6.45, 7) is 6.21. The third-order valence-corrected chi connectivity index (χ3v) is 2.94. The summed E-state index contributed by atoms with van der Waals surface area (Å²) in [5, 5.41) is 1.46. The lowest BCUT2D eigenvalue weighted by Crippen LogP contribution is -2.10. The van der Waals surface area contributed by atoms with Crippen molar-refractivity contribution in [3.63, 3.8) is 0 Å². The van der Waals surface area contributed by atoms with E-state index in [0.29, 0.717) is 19.1 Å². The molecule has 4 heteroatoms. The van der Waals surface area contributed by atoms with Crippen LogP contribution < -0.4 is 4.74 Å². The first-order valence-electron chi connectivity index (χ1n) is 5.68. The molecule has 1 aromatic rings. The molecule has 1 rings (SSSR count). The zero-order valence-corrected chi connectivity index (χ0v) is 12.6. The molecule has 17 heavy (non-hydrogen) atoms. The summed E-state index contributed by atoms with van der Waals surface area (Å²) in [6.07, 6.45) is 0. The van der Waals surface area contributed by atoms with E-state index in [4.69, 9.17) is 21.1 Å². The van der Waals surface area contributed by atoms with Gasteiger partial charge in [-0.15, -0.1) is 0 Å². The molecule has 0 aliphatic heterocycles. The van der Waals surface area contributed by atoms with Crippen LogP contribution in [0.5, 0.6) is 5.75 Å². The van der Waals surface area contributed by atoms with Crippen LogP contribution in [0.15, 0.2) is 18.2 Å². The lowest BCUT2D eigenvalue weighted by atomic mass is 10.2. The number of halogens is 2. The predicted molar refractivity (Wildman–Crippen MR) is 75.2 cm³/mol. The highest BCUT2D eigenvalue weighted by Crippen LogP contribution is 2.24. The van der Waals surface area contributed by atoms with E-state index in [-0.39, 0.29) is 0 Å².